The number of nitrogens with one attached hydrogen (secondary N) is 1. The zero-order valence-electron chi connectivity index (χ0n) is 8.03. The molecule has 8 heteroatoms. The van der Waals surface area contributed by atoms with Gasteiger partial charge in [-0.05, 0) is 17.8 Å². The largest absolute Gasteiger partial charge is 0.509 e. The van der Waals surface area contributed by atoms with Gasteiger partial charge >= 0.3 is 6.98 Å². The molecule has 1 aromatic carbocycles. The number of nitrogens with two attached hydrogens (primary N) is 1. The van der Waals surface area contributed by atoms with Crippen LogP contribution in [0.25, 0.3) is 0 Å². The Balaban J connectivity index is 2.72. The Kier molecular flexibility index (Phi) is 3.89. The molecule has 1 rings (SSSR count). The number of hydrogen-bond donors (Lipinski definition) is 2. The summed E-state index contributed by atoms with van der Waals surface area (Å²) in [5.41, 5.74) is 7.28. The predicted molar refractivity (Wildman–Crippen MR) is 62.7 cm³/mol. The number of halogens is 3. The van der Waals surface area contributed by atoms with Crippen molar-refractivity contribution in [3.8, 4) is 0 Å². The Morgan fingerprint density at radius 2 is 1.88 bits per heavy atom. The normalized spacial score (nSPS) is 11.7. The first-order valence-electron chi connectivity index (χ1n) is 4.28. The standard InChI is InChI=1S/C8H8BF3N3S/c10-9(11,12)7-3-1-6(2-4-7)5-14-15-8(13)16/h1-5H,(H3,13,15,16)/q-1. The van der Waals surface area contributed by atoms with E-state index in [1.807, 2.05) is 0 Å². The lowest BCUT2D eigenvalue weighted by molar-refractivity contribution is 0.501. The molecule has 0 aromatic heterocycles. The highest BCUT2D eigenvalue weighted by atomic mass is 32.1. The Hall–Kier alpha value is -1.57. The van der Waals surface area contributed by atoms with Gasteiger partial charge in [0, 0.05) is 0 Å². The van der Waals surface area contributed by atoms with Gasteiger partial charge in [-0.25, -0.2) is 0 Å². The van der Waals surface area contributed by atoms with Crippen molar-refractivity contribution < 1.29 is 12.9 Å². The molecule has 0 spiro atoms. The first-order chi connectivity index (χ1) is 7.39. The first-order valence-corrected chi connectivity index (χ1v) is 4.69. The maximum Gasteiger partial charge on any atom is 0.509 e. The minimum absolute atomic E-state index is 0.00787. The van der Waals surface area contributed by atoms with Crippen LogP contribution in [0.4, 0.5) is 12.9 Å². The molecule has 0 atom stereocenters. The quantitative estimate of drug-likeness (QED) is 0.360. The zero-order chi connectivity index (χ0) is 12.2. The highest BCUT2D eigenvalue weighted by Gasteiger charge is 2.24. The van der Waals surface area contributed by atoms with Gasteiger partial charge in [0.05, 0.1) is 6.21 Å². The molecule has 0 aliphatic rings. The van der Waals surface area contributed by atoms with Gasteiger partial charge in [0.25, 0.3) is 0 Å². The molecule has 0 saturated carbocycles. The van der Waals surface area contributed by atoms with Crippen LogP contribution in [0.5, 0.6) is 0 Å². The predicted octanol–water partition coefficient (Wildman–Crippen LogP) is 0.908. The zero-order valence-corrected chi connectivity index (χ0v) is 8.85. The summed E-state index contributed by atoms with van der Waals surface area (Å²) in [7, 11) is 0. The molecular formula is C8H8BF3N3S-. The molecule has 0 aliphatic heterocycles. The maximum absolute atomic E-state index is 12.3. The smallest absolute Gasteiger partial charge is 0.445 e. The molecule has 0 aliphatic carbocycles. The van der Waals surface area contributed by atoms with Gasteiger partial charge in [-0.3, -0.25) is 5.43 Å². The van der Waals surface area contributed by atoms with Crippen LogP contribution in [0.2, 0.25) is 0 Å². The lowest BCUT2D eigenvalue weighted by Crippen LogP contribution is -2.33. The summed E-state index contributed by atoms with van der Waals surface area (Å²) in [6.07, 6.45) is 1.33. The summed E-state index contributed by atoms with van der Waals surface area (Å²) >= 11 is 4.49. The lowest BCUT2D eigenvalue weighted by atomic mass is 9.80. The van der Waals surface area contributed by atoms with E-state index >= 15 is 0 Å². The van der Waals surface area contributed by atoms with Gasteiger partial charge in [-0.15, -0.1) is 5.46 Å². The van der Waals surface area contributed by atoms with Crippen LogP contribution in [0, 0.1) is 0 Å². The molecule has 0 unspecified atom stereocenters. The monoisotopic (exact) mass is 246 g/mol. The van der Waals surface area contributed by atoms with Gasteiger partial charge in [-0.2, -0.15) is 5.10 Å². The number of thiocarbonyl (C=S) groups is 1. The van der Waals surface area contributed by atoms with Crippen molar-refractivity contribution in [1.29, 1.82) is 0 Å². The van der Waals surface area contributed by atoms with E-state index in [0.717, 1.165) is 12.1 Å². The number of hydrogen-bond acceptors (Lipinski definition) is 2. The Bertz CT molecular complexity index is 402. The van der Waals surface area contributed by atoms with Crippen LogP contribution in [-0.2, 0) is 0 Å². The molecule has 0 saturated heterocycles. The molecule has 0 heterocycles. The van der Waals surface area contributed by atoms with Crippen LogP contribution in [-0.4, -0.2) is 18.3 Å². The van der Waals surface area contributed by atoms with Gasteiger partial charge in [0.1, 0.15) is 0 Å². The van der Waals surface area contributed by atoms with Crippen LogP contribution in [0.15, 0.2) is 29.4 Å². The average molecular weight is 246 g/mol. The molecule has 0 bridgehead atoms. The highest BCUT2D eigenvalue weighted by Crippen LogP contribution is 2.08. The van der Waals surface area contributed by atoms with Gasteiger partial charge in [0.15, 0.2) is 5.11 Å². The molecule has 86 valence electrons. The summed E-state index contributed by atoms with van der Waals surface area (Å²) in [4.78, 5) is 0. The molecule has 0 radical (unpaired) electrons. The summed E-state index contributed by atoms with van der Waals surface area (Å²) in [6.45, 7) is -4.95. The van der Waals surface area contributed by atoms with Crippen molar-refractivity contribution in [1.82, 2.24) is 5.43 Å². The Morgan fingerprint density at radius 3 is 2.31 bits per heavy atom. The fourth-order valence-electron chi connectivity index (χ4n) is 0.971. The molecule has 0 amide bonds. The fraction of sp³-hybridized carbons (Fsp3) is 0. The van der Waals surface area contributed by atoms with E-state index in [0.29, 0.717) is 5.56 Å². The molecule has 3 N–H and O–H groups in total. The van der Waals surface area contributed by atoms with E-state index in [1.165, 1.54) is 18.3 Å². The minimum atomic E-state index is -4.95. The number of rotatable bonds is 3. The summed E-state index contributed by atoms with van der Waals surface area (Å²) in [5.74, 6) is 0. The molecular weight excluding hydrogens is 238 g/mol. The van der Waals surface area contributed by atoms with Crippen LogP contribution in [0.1, 0.15) is 5.56 Å². The SMILES string of the molecule is NC(=S)NN=Cc1ccc([B-](F)(F)F)cc1. The van der Waals surface area contributed by atoms with Crippen LogP contribution in [0.3, 0.4) is 0 Å². The lowest BCUT2D eigenvalue weighted by Gasteiger charge is -2.14. The second kappa shape index (κ2) is 4.97. The molecule has 0 fully saturated rings. The van der Waals surface area contributed by atoms with Crippen molar-refractivity contribution in [3.63, 3.8) is 0 Å². The third-order valence-corrected chi connectivity index (χ3v) is 1.79. The summed E-state index contributed by atoms with van der Waals surface area (Å²) < 4.78 is 36.8. The van der Waals surface area contributed by atoms with Crippen molar-refractivity contribution in [3.05, 3.63) is 29.8 Å². The summed E-state index contributed by atoms with van der Waals surface area (Å²) in [5, 5.41) is 3.61. The number of benzene rings is 1. The van der Waals surface area contributed by atoms with Gasteiger partial charge in [0.2, 0.25) is 0 Å². The van der Waals surface area contributed by atoms with E-state index in [9.17, 15) is 12.9 Å². The van der Waals surface area contributed by atoms with Crippen molar-refractivity contribution >= 4 is 36.0 Å². The molecule has 3 nitrogen and oxygen atoms in total. The molecule has 16 heavy (non-hydrogen) atoms. The van der Waals surface area contributed by atoms with E-state index in [-0.39, 0.29) is 5.11 Å². The van der Waals surface area contributed by atoms with Crippen molar-refractivity contribution in [2.75, 3.05) is 0 Å². The fourth-order valence-corrected chi connectivity index (χ4v) is 1.02. The Morgan fingerprint density at radius 1 is 1.31 bits per heavy atom. The van der Waals surface area contributed by atoms with Crippen LogP contribution >= 0.6 is 12.2 Å². The van der Waals surface area contributed by atoms with E-state index in [4.69, 9.17) is 5.73 Å². The van der Waals surface area contributed by atoms with Crippen LogP contribution < -0.4 is 16.6 Å². The van der Waals surface area contributed by atoms with Gasteiger partial charge in [-0.1, -0.05) is 24.3 Å². The number of nitrogens with zero attached hydrogens (tertiary/aromatic N) is 1. The number of hydrazone groups is 1. The Labute approximate surface area is 95.6 Å². The maximum atomic E-state index is 12.3. The first kappa shape index (κ1) is 12.5. The minimum Gasteiger partial charge on any atom is -0.445 e. The van der Waals surface area contributed by atoms with Crippen molar-refractivity contribution in [2.45, 2.75) is 0 Å². The highest BCUT2D eigenvalue weighted by molar-refractivity contribution is 7.80. The third kappa shape index (κ3) is 3.89. The average Bonchev–Trinajstić information content (AvgIpc) is 2.16. The van der Waals surface area contributed by atoms with Gasteiger partial charge < -0.3 is 18.7 Å². The second-order valence-corrected chi connectivity index (χ2v) is 3.42. The van der Waals surface area contributed by atoms with E-state index < -0.39 is 12.4 Å². The second-order valence-electron chi connectivity index (χ2n) is 2.98. The molecule has 1 aromatic rings. The van der Waals surface area contributed by atoms with E-state index in [2.05, 4.69) is 22.7 Å². The van der Waals surface area contributed by atoms with E-state index in [1.54, 1.807) is 0 Å². The summed E-state index contributed by atoms with van der Waals surface area (Å²) in [6, 6.07) is 4.63. The topological polar surface area (TPSA) is 50.4 Å². The van der Waals surface area contributed by atoms with Crippen molar-refractivity contribution in [2.24, 2.45) is 10.8 Å². The third-order valence-electron chi connectivity index (χ3n) is 1.70.